The summed E-state index contributed by atoms with van der Waals surface area (Å²) in [6.45, 7) is 8.00. The lowest BCUT2D eigenvalue weighted by atomic mass is 10.3. The normalized spacial score (nSPS) is 8.68. The number of carboxylic acid groups (broad SMARTS) is 1. The molecule has 8 heteroatoms. The number of ether oxygens (including phenoxy) is 1. The molecule has 1 aromatic carbocycles. The highest BCUT2D eigenvalue weighted by atomic mass is 19.2. The molecule has 0 unspecified atom stereocenters. The minimum atomic E-state index is -2.39. The van der Waals surface area contributed by atoms with Gasteiger partial charge in [-0.25, -0.2) is 18.0 Å². The summed E-state index contributed by atoms with van der Waals surface area (Å²) >= 11 is 0. The summed E-state index contributed by atoms with van der Waals surface area (Å²) in [5, 5.41) is 7.97. The van der Waals surface area contributed by atoms with E-state index < -0.39 is 41.0 Å². The fourth-order valence-electron chi connectivity index (χ4n) is 0.762. The van der Waals surface area contributed by atoms with Crippen LogP contribution in [0.15, 0.2) is 0 Å². The zero-order valence-electron chi connectivity index (χ0n) is 10.7. The molecule has 0 aliphatic rings. The number of hydrogen-bond donors (Lipinski definition) is 1. The van der Waals surface area contributed by atoms with E-state index in [1.54, 1.807) is 0 Å². The molecule has 0 fully saturated rings. The van der Waals surface area contributed by atoms with Crippen LogP contribution in [0.1, 0.15) is 27.7 Å². The van der Waals surface area contributed by atoms with E-state index >= 15 is 0 Å². The van der Waals surface area contributed by atoms with Crippen LogP contribution in [0.5, 0.6) is 5.75 Å². The van der Waals surface area contributed by atoms with Crippen LogP contribution in [0.2, 0.25) is 0 Å². The van der Waals surface area contributed by atoms with Crippen molar-refractivity contribution in [3.8, 4) is 5.75 Å². The van der Waals surface area contributed by atoms with E-state index in [4.69, 9.17) is 5.11 Å². The first-order valence-electron chi connectivity index (χ1n) is 5.28. The lowest BCUT2D eigenvalue weighted by Crippen LogP contribution is -2.10. The van der Waals surface area contributed by atoms with Gasteiger partial charge in [-0.05, 0) is 0 Å². The Hall–Kier alpha value is -1.86. The highest BCUT2D eigenvalue weighted by Crippen LogP contribution is 2.28. The maximum atomic E-state index is 12.7. The SMILES string of the molecule is CC.CC.O=C(O)Oc1c(F)c(F)c(F)c(F)c1F. The molecule has 0 saturated carbocycles. The number of hydrogen-bond acceptors (Lipinski definition) is 2. The fraction of sp³-hybridized carbons (Fsp3) is 0.364. The van der Waals surface area contributed by atoms with Gasteiger partial charge in [0.05, 0.1) is 0 Å². The topological polar surface area (TPSA) is 46.5 Å². The summed E-state index contributed by atoms with van der Waals surface area (Å²) in [6.07, 6.45) is -2.20. The molecule has 0 aromatic heterocycles. The largest absolute Gasteiger partial charge is 0.511 e. The molecule has 0 atom stereocenters. The number of halogens is 5. The van der Waals surface area contributed by atoms with Crippen molar-refractivity contribution in [1.29, 1.82) is 0 Å². The Bertz CT molecular complexity index is 406. The summed E-state index contributed by atoms with van der Waals surface area (Å²) < 4.78 is 66.0. The van der Waals surface area contributed by atoms with E-state index in [0.717, 1.165) is 0 Å². The van der Waals surface area contributed by atoms with Gasteiger partial charge in [0.2, 0.25) is 34.8 Å². The predicted octanol–water partition coefficient (Wildman–Crippen LogP) is 4.49. The molecule has 1 rings (SSSR count). The third-order valence-corrected chi connectivity index (χ3v) is 1.36. The second-order valence-electron chi connectivity index (χ2n) is 2.27. The zero-order valence-corrected chi connectivity index (χ0v) is 10.7. The lowest BCUT2D eigenvalue weighted by molar-refractivity contribution is 0.138. The first-order chi connectivity index (χ1) is 8.86. The molecule has 0 bridgehead atoms. The molecule has 1 N–H and O–H groups in total. The van der Waals surface area contributed by atoms with Crippen molar-refractivity contribution in [1.82, 2.24) is 0 Å². The maximum absolute atomic E-state index is 12.7. The van der Waals surface area contributed by atoms with Crippen molar-refractivity contribution in [2.24, 2.45) is 0 Å². The van der Waals surface area contributed by atoms with Crippen molar-refractivity contribution >= 4 is 6.16 Å². The summed E-state index contributed by atoms with van der Waals surface area (Å²) in [4.78, 5) is 9.89. The van der Waals surface area contributed by atoms with Crippen LogP contribution < -0.4 is 4.74 Å². The molecule has 19 heavy (non-hydrogen) atoms. The van der Waals surface area contributed by atoms with Crippen molar-refractivity contribution < 1.29 is 36.6 Å². The number of carbonyl (C=O) groups is 1. The minimum Gasteiger partial charge on any atom is -0.449 e. The number of rotatable bonds is 1. The van der Waals surface area contributed by atoms with E-state index in [-0.39, 0.29) is 0 Å². The van der Waals surface area contributed by atoms with Crippen LogP contribution >= 0.6 is 0 Å². The molecule has 0 aliphatic heterocycles. The Labute approximate surface area is 106 Å². The van der Waals surface area contributed by atoms with Gasteiger partial charge in [0.25, 0.3) is 0 Å². The minimum absolute atomic E-state index is 1.85. The van der Waals surface area contributed by atoms with Gasteiger partial charge < -0.3 is 9.84 Å². The first kappa shape index (κ1) is 19.5. The molecular weight excluding hydrogens is 275 g/mol. The molecule has 3 nitrogen and oxygen atoms in total. The van der Waals surface area contributed by atoms with Gasteiger partial charge in [-0.3, -0.25) is 0 Å². The molecule has 1 aromatic rings. The van der Waals surface area contributed by atoms with E-state index in [2.05, 4.69) is 4.74 Å². The first-order valence-corrected chi connectivity index (χ1v) is 5.28. The molecule has 0 heterocycles. The average Bonchev–Trinajstić information content (AvgIpc) is 2.43. The van der Waals surface area contributed by atoms with Crippen LogP contribution in [-0.4, -0.2) is 11.3 Å². The van der Waals surface area contributed by atoms with Crippen molar-refractivity contribution in [3.63, 3.8) is 0 Å². The summed E-state index contributed by atoms with van der Waals surface area (Å²) in [6, 6.07) is 0. The Morgan fingerprint density at radius 2 is 1.05 bits per heavy atom. The Balaban J connectivity index is 0. The monoisotopic (exact) mass is 288 g/mol. The predicted molar refractivity (Wildman–Crippen MR) is 57.6 cm³/mol. The van der Waals surface area contributed by atoms with Gasteiger partial charge in [0.15, 0.2) is 0 Å². The highest BCUT2D eigenvalue weighted by molar-refractivity contribution is 5.61. The number of benzene rings is 1. The smallest absolute Gasteiger partial charge is 0.449 e. The van der Waals surface area contributed by atoms with Crippen LogP contribution in [-0.2, 0) is 0 Å². The second-order valence-corrected chi connectivity index (χ2v) is 2.27. The van der Waals surface area contributed by atoms with Crippen LogP contribution in [0.3, 0.4) is 0 Å². The van der Waals surface area contributed by atoms with E-state index in [9.17, 15) is 26.7 Å². The van der Waals surface area contributed by atoms with Gasteiger partial charge in [0.1, 0.15) is 0 Å². The van der Waals surface area contributed by atoms with Gasteiger partial charge in [-0.2, -0.15) is 8.78 Å². The Kier molecular flexibility index (Phi) is 9.35. The van der Waals surface area contributed by atoms with Crippen LogP contribution in [0.4, 0.5) is 26.7 Å². The molecular formula is C11H13F5O3. The fourth-order valence-corrected chi connectivity index (χ4v) is 0.762. The van der Waals surface area contributed by atoms with Gasteiger partial charge in [-0.1, -0.05) is 27.7 Å². The molecule has 0 spiro atoms. The van der Waals surface area contributed by atoms with Crippen molar-refractivity contribution in [2.45, 2.75) is 27.7 Å². The lowest BCUT2D eigenvalue weighted by Gasteiger charge is -2.05. The van der Waals surface area contributed by atoms with Crippen LogP contribution in [0, 0.1) is 29.1 Å². The van der Waals surface area contributed by atoms with E-state index in [0.29, 0.717) is 0 Å². The quantitative estimate of drug-likeness (QED) is 0.272. The van der Waals surface area contributed by atoms with Crippen LogP contribution in [0.25, 0.3) is 0 Å². The standard InChI is InChI=1S/C7HF5O3.2C2H6/c8-1-2(9)4(11)6(15-7(13)14)5(12)3(1)10;2*1-2/h(H,13,14);2*1-2H3. The molecule has 0 radical (unpaired) electrons. The highest BCUT2D eigenvalue weighted by Gasteiger charge is 2.28. The van der Waals surface area contributed by atoms with Gasteiger partial charge >= 0.3 is 6.16 Å². The Morgan fingerprint density at radius 1 is 0.789 bits per heavy atom. The third kappa shape index (κ3) is 4.72. The van der Waals surface area contributed by atoms with Crippen molar-refractivity contribution in [3.05, 3.63) is 29.1 Å². The molecule has 0 amide bonds. The Morgan fingerprint density at radius 3 is 1.32 bits per heavy atom. The van der Waals surface area contributed by atoms with Gasteiger partial charge in [-0.15, -0.1) is 0 Å². The maximum Gasteiger partial charge on any atom is 0.511 e. The molecule has 0 aliphatic carbocycles. The van der Waals surface area contributed by atoms with Crippen molar-refractivity contribution in [2.75, 3.05) is 0 Å². The summed E-state index contributed by atoms with van der Waals surface area (Å²) in [7, 11) is 0. The molecule has 0 saturated heterocycles. The molecule has 110 valence electrons. The zero-order chi connectivity index (χ0) is 15.7. The summed E-state index contributed by atoms with van der Waals surface area (Å²) in [5.41, 5.74) is 0. The second kappa shape index (κ2) is 9.12. The summed E-state index contributed by atoms with van der Waals surface area (Å²) in [5.74, 6) is -13.5. The van der Waals surface area contributed by atoms with Gasteiger partial charge in [0, 0.05) is 0 Å². The third-order valence-electron chi connectivity index (χ3n) is 1.36. The average molecular weight is 288 g/mol. The van der Waals surface area contributed by atoms with E-state index in [1.165, 1.54) is 0 Å². The van der Waals surface area contributed by atoms with E-state index in [1.807, 2.05) is 27.7 Å².